The molecule has 0 amide bonds. The van der Waals surface area contributed by atoms with E-state index in [0.29, 0.717) is 41.5 Å². The van der Waals surface area contributed by atoms with Crippen LogP contribution in [0, 0.1) is 5.82 Å². The number of para-hydroxylation sites is 1. The van der Waals surface area contributed by atoms with Crippen LogP contribution in [-0.2, 0) is 13.0 Å². The topological polar surface area (TPSA) is 90.7 Å². The van der Waals surface area contributed by atoms with Crippen LogP contribution in [0.2, 0.25) is 0 Å². The van der Waals surface area contributed by atoms with Crippen LogP contribution < -0.4 is 20.4 Å². The van der Waals surface area contributed by atoms with Crippen molar-refractivity contribution < 1.29 is 19.2 Å². The molecule has 2 heterocycles. The number of nitrogens with one attached hydrogen (secondary N) is 1. The molecule has 0 fully saturated rings. The smallest absolute Gasteiger partial charge is 0.488 e. The Labute approximate surface area is 197 Å². The van der Waals surface area contributed by atoms with Gasteiger partial charge in [0, 0.05) is 23.7 Å². The van der Waals surface area contributed by atoms with Gasteiger partial charge in [0.25, 0.3) is 0 Å². The molecule has 172 valence electrons. The van der Waals surface area contributed by atoms with Crippen LogP contribution in [0.25, 0.3) is 10.9 Å². The van der Waals surface area contributed by atoms with Crippen molar-refractivity contribution >= 4 is 40.9 Å². The normalized spacial score (nSPS) is 14.9. The zero-order valence-corrected chi connectivity index (χ0v) is 18.9. The van der Waals surface area contributed by atoms with Gasteiger partial charge in [0.15, 0.2) is 0 Å². The Kier molecular flexibility index (Phi) is 5.81. The highest BCUT2D eigenvalue weighted by Crippen LogP contribution is 2.38. The van der Waals surface area contributed by atoms with E-state index in [-0.39, 0.29) is 11.9 Å². The van der Waals surface area contributed by atoms with E-state index in [1.807, 2.05) is 42.2 Å². The molecule has 1 aliphatic heterocycles. The molecule has 9 heteroatoms. The zero-order valence-electron chi connectivity index (χ0n) is 18.9. The lowest BCUT2D eigenvalue weighted by molar-refractivity contribution is 0.419. The number of ether oxygens (including phenoxy) is 1. The first kappa shape index (κ1) is 22.1. The summed E-state index contributed by atoms with van der Waals surface area (Å²) in [5.74, 6) is 1.39. The van der Waals surface area contributed by atoms with E-state index in [0.717, 1.165) is 22.2 Å². The summed E-state index contributed by atoms with van der Waals surface area (Å²) in [5.41, 5.74) is 3.62. The lowest BCUT2D eigenvalue weighted by Crippen LogP contribution is -2.32. The van der Waals surface area contributed by atoms with Crippen molar-refractivity contribution in [3.05, 3.63) is 77.6 Å². The van der Waals surface area contributed by atoms with Crippen LogP contribution in [0.5, 0.6) is 5.75 Å². The van der Waals surface area contributed by atoms with Crippen LogP contribution >= 0.6 is 0 Å². The third kappa shape index (κ3) is 3.93. The summed E-state index contributed by atoms with van der Waals surface area (Å²) in [6, 6.07) is 17.5. The van der Waals surface area contributed by atoms with Crippen molar-refractivity contribution in [3.63, 3.8) is 0 Å². The minimum Gasteiger partial charge on any atom is -0.494 e. The summed E-state index contributed by atoms with van der Waals surface area (Å²) >= 11 is 0. The number of rotatable bonds is 6. The number of aromatic nitrogens is 2. The summed E-state index contributed by atoms with van der Waals surface area (Å²) in [6.45, 7) is 2.43. The van der Waals surface area contributed by atoms with E-state index < -0.39 is 7.12 Å². The van der Waals surface area contributed by atoms with Gasteiger partial charge in [-0.3, -0.25) is 0 Å². The Bertz CT molecular complexity index is 1370. The maximum Gasteiger partial charge on any atom is 0.488 e. The standard InChI is InChI=1S/C25H24BFN4O3/c1-15-12-19-20(26(32)33)9-5-10-21(19)31(15)25-29-23-18(8-4-11-22(23)34-2)24(30-25)28-14-16-6-3-7-17(27)13-16/h3-11,13,15,32-33H,12,14H2,1-2H3,(H,28,29,30). The number of hydrogen-bond donors (Lipinski definition) is 3. The Balaban J connectivity index is 1.62. The molecule has 0 saturated heterocycles. The largest absolute Gasteiger partial charge is 0.494 e. The van der Waals surface area contributed by atoms with Crippen molar-refractivity contribution in [1.82, 2.24) is 9.97 Å². The fourth-order valence-electron chi connectivity index (χ4n) is 4.56. The van der Waals surface area contributed by atoms with Gasteiger partial charge >= 0.3 is 7.12 Å². The fourth-order valence-corrected chi connectivity index (χ4v) is 4.56. The van der Waals surface area contributed by atoms with Crippen LogP contribution in [-0.4, -0.2) is 40.3 Å². The van der Waals surface area contributed by atoms with Gasteiger partial charge in [-0.05, 0) is 60.3 Å². The Hall–Kier alpha value is -3.69. The Morgan fingerprint density at radius 3 is 2.68 bits per heavy atom. The third-order valence-electron chi connectivity index (χ3n) is 6.13. The highest BCUT2D eigenvalue weighted by atomic mass is 19.1. The molecule has 4 aromatic rings. The maximum absolute atomic E-state index is 13.7. The number of benzene rings is 3. The molecule has 7 nitrogen and oxygen atoms in total. The first-order chi connectivity index (χ1) is 16.5. The Morgan fingerprint density at radius 1 is 1.12 bits per heavy atom. The summed E-state index contributed by atoms with van der Waals surface area (Å²) < 4.78 is 19.2. The van der Waals surface area contributed by atoms with Gasteiger partial charge in [-0.25, -0.2) is 9.37 Å². The summed E-state index contributed by atoms with van der Waals surface area (Å²) in [4.78, 5) is 11.7. The minimum atomic E-state index is -1.55. The summed E-state index contributed by atoms with van der Waals surface area (Å²) in [5, 5.41) is 23.8. The van der Waals surface area contributed by atoms with Gasteiger partial charge < -0.3 is 25.0 Å². The van der Waals surface area contributed by atoms with Gasteiger partial charge in [-0.2, -0.15) is 4.98 Å². The summed E-state index contributed by atoms with van der Waals surface area (Å²) in [6.07, 6.45) is 0.627. The van der Waals surface area contributed by atoms with E-state index >= 15 is 0 Å². The van der Waals surface area contributed by atoms with E-state index in [2.05, 4.69) is 5.32 Å². The number of methoxy groups -OCH3 is 1. The van der Waals surface area contributed by atoms with E-state index in [9.17, 15) is 14.4 Å². The van der Waals surface area contributed by atoms with Gasteiger partial charge in [0.1, 0.15) is 22.9 Å². The van der Waals surface area contributed by atoms with Gasteiger partial charge in [-0.15, -0.1) is 0 Å². The highest BCUT2D eigenvalue weighted by molar-refractivity contribution is 6.59. The second-order valence-corrected chi connectivity index (χ2v) is 8.35. The molecule has 0 bridgehead atoms. The monoisotopic (exact) mass is 458 g/mol. The molecule has 1 atom stereocenters. The van der Waals surface area contributed by atoms with Crippen LogP contribution in [0.15, 0.2) is 60.7 Å². The predicted molar refractivity (Wildman–Crippen MR) is 131 cm³/mol. The quantitative estimate of drug-likeness (QED) is 0.383. The summed E-state index contributed by atoms with van der Waals surface area (Å²) in [7, 11) is 0.0437. The molecule has 0 aliphatic carbocycles. The average Bonchev–Trinajstić information content (AvgIpc) is 3.17. The number of fused-ring (bicyclic) bond motifs is 2. The number of nitrogens with zero attached hydrogens (tertiary/aromatic N) is 3. The molecule has 3 N–H and O–H groups in total. The molecular weight excluding hydrogens is 434 g/mol. The molecule has 1 aromatic heterocycles. The Morgan fingerprint density at radius 2 is 1.91 bits per heavy atom. The molecular formula is C25H24BFN4O3. The molecule has 0 spiro atoms. The molecule has 0 radical (unpaired) electrons. The zero-order chi connectivity index (χ0) is 23.8. The third-order valence-corrected chi connectivity index (χ3v) is 6.13. The number of hydrogen-bond acceptors (Lipinski definition) is 7. The van der Waals surface area contributed by atoms with Crippen molar-refractivity contribution in [2.24, 2.45) is 0 Å². The number of halogens is 1. The first-order valence-electron chi connectivity index (χ1n) is 11.1. The molecule has 1 unspecified atom stereocenters. The fraction of sp³-hybridized carbons (Fsp3) is 0.200. The molecule has 1 aliphatic rings. The van der Waals surface area contributed by atoms with E-state index in [4.69, 9.17) is 14.7 Å². The molecule has 0 saturated carbocycles. The van der Waals surface area contributed by atoms with Crippen molar-refractivity contribution in [2.45, 2.75) is 25.9 Å². The van der Waals surface area contributed by atoms with Crippen LogP contribution in [0.4, 0.5) is 21.8 Å². The van der Waals surface area contributed by atoms with Gasteiger partial charge in [-0.1, -0.05) is 30.3 Å². The van der Waals surface area contributed by atoms with E-state index in [1.54, 1.807) is 25.3 Å². The van der Waals surface area contributed by atoms with Gasteiger partial charge in [0.05, 0.1) is 7.11 Å². The average molecular weight is 458 g/mol. The van der Waals surface area contributed by atoms with Crippen molar-refractivity contribution in [3.8, 4) is 5.75 Å². The maximum atomic E-state index is 13.7. The second-order valence-electron chi connectivity index (χ2n) is 8.35. The predicted octanol–water partition coefficient (Wildman–Crippen LogP) is 3.15. The van der Waals surface area contributed by atoms with Gasteiger partial charge in [0.2, 0.25) is 5.95 Å². The highest BCUT2D eigenvalue weighted by Gasteiger charge is 2.33. The SMILES string of the molecule is COc1cccc2c(NCc3cccc(F)c3)nc(N3c4cccc(B(O)O)c4CC3C)nc12. The van der Waals surface area contributed by atoms with Crippen molar-refractivity contribution in [2.75, 3.05) is 17.3 Å². The van der Waals surface area contributed by atoms with Crippen LogP contribution in [0.3, 0.4) is 0 Å². The molecule has 3 aromatic carbocycles. The molecule has 5 rings (SSSR count). The number of anilines is 3. The van der Waals surface area contributed by atoms with Crippen molar-refractivity contribution in [1.29, 1.82) is 0 Å². The lowest BCUT2D eigenvalue weighted by atomic mass is 9.76. The first-order valence-corrected chi connectivity index (χ1v) is 11.1. The minimum absolute atomic E-state index is 0.00173. The van der Waals surface area contributed by atoms with E-state index in [1.165, 1.54) is 12.1 Å². The lowest BCUT2D eigenvalue weighted by Gasteiger charge is -2.24. The molecule has 34 heavy (non-hydrogen) atoms. The second kappa shape index (κ2) is 8.93. The van der Waals surface area contributed by atoms with Crippen LogP contribution in [0.1, 0.15) is 18.1 Å².